The van der Waals surface area contributed by atoms with E-state index in [1.807, 2.05) is 6.92 Å². The first-order valence-electron chi connectivity index (χ1n) is 5.49. The SMILES string of the molecule is CC1CCCN1c1c(F)cc(CO)cc1F. The largest absolute Gasteiger partial charge is 0.392 e. The predicted octanol–water partition coefficient (Wildman–Crippen LogP) is 2.45. The molecule has 16 heavy (non-hydrogen) atoms. The molecule has 1 heterocycles. The van der Waals surface area contributed by atoms with Gasteiger partial charge in [0, 0.05) is 12.6 Å². The van der Waals surface area contributed by atoms with E-state index in [0.29, 0.717) is 6.54 Å². The van der Waals surface area contributed by atoms with Gasteiger partial charge in [-0.3, -0.25) is 0 Å². The number of hydrogen-bond acceptors (Lipinski definition) is 2. The van der Waals surface area contributed by atoms with Crippen LogP contribution in [0, 0.1) is 11.6 Å². The van der Waals surface area contributed by atoms with E-state index >= 15 is 0 Å². The van der Waals surface area contributed by atoms with Gasteiger partial charge in [-0.05, 0) is 37.5 Å². The van der Waals surface area contributed by atoms with Crippen LogP contribution < -0.4 is 4.90 Å². The van der Waals surface area contributed by atoms with Crippen LogP contribution in [0.15, 0.2) is 12.1 Å². The summed E-state index contributed by atoms with van der Waals surface area (Å²) in [6.07, 6.45) is 1.92. The van der Waals surface area contributed by atoms with Gasteiger partial charge in [0.1, 0.15) is 17.3 Å². The molecule has 1 fully saturated rings. The van der Waals surface area contributed by atoms with E-state index in [2.05, 4.69) is 0 Å². The van der Waals surface area contributed by atoms with Crippen molar-refractivity contribution in [1.29, 1.82) is 0 Å². The maximum absolute atomic E-state index is 13.7. The molecule has 0 aromatic heterocycles. The van der Waals surface area contributed by atoms with Gasteiger partial charge in [0.05, 0.1) is 6.61 Å². The lowest BCUT2D eigenvalue weighted by Gasteiger charge is -2.25. The monoisotopic (exact) mass is 227 g/mol. The lowest BCUT2D eigenvalue weighted by atomic mass is 10.1. The molecule has 0 spiro atoms. The fourth-order valence-corrected chi connectivity index (χ4v) is 2.25. The zero-order chi connectivity index (χ0) is 11.7. The van der Waals surface area contributed by atoms with Gasteiger partial charge < -0.3 is 10.0 Å². The van der Waals surface area contributed by atoms with Crippen LogP contribution in [0.3, 0.4) is 0 Å². The first-order valence-corrected chi connectivity index (χ1v) is 5.49. The number of anilines is 1. The summed E-state index contributed by atoms with van der Waals surface area (Å²) >= 11 is 0. The molecule has 1 aromatic carbocycles. The average molecular weight is 227 g/mol. The van der Waals surface area contributed by atoms with Crippen LogP contribution in [0.5, 0.6) is 0 Å². The Morgan fingerprint density at radius 2 is 2.00 bits per heavy atom. The Balaban J connectivity index is 2.40. The first-order chi connectivity index (χ1) is 7.63. The topological polar surface area (TPSA) is 23.5 Å². The average Bonchev–Trinajstić information content (AvgIpc) is 2.64. The highest BCUT2D eigenvalue weighted by Gasteiger charge is 2.26. The molecule has 2 nitrogen and oxygen atoms in total. The smallest absolute Gasteiger partial charge is 0.149 e. The molecule has 1 N–H and O–H groups in total. The number of halogens is 2. The van der Waals surface area contributed by atoms with Crippen molar-refractivity contribution in [3.63, 3.8) is 0 Å². The van der Waals surface area contributed by atoms with Crippen LogP contribution in [0.4, 0.5) is 14.5 Å². The van der Waals surface area contributed by atoms with E-state index in [9.17, 15) is 8.78 Å². The molecular weight excluding hydrogens is 212 g/mol. The summed E-state index contributed by atoms with van der Waals surface area (Å²) in [5.74, 6) is -1.17. The van der Waals surface area contributed by atoms with Gasteiger partial charge in [0.15, 0.2) is 0 Å². The van der Waals surface area contributed by atoms with Gasteiger partial charge in [0.25, 0.3) is 0 Å². The molecule has 0 saturated carbocycles. The molecule has 0 amide bonds. The molecule has 1 aliphatic heterocycles. The van der Waals surface area contributed by atoms with Crippen molar-refractivity contribution in [2.45, 2.75) is 32.4 Å². The Hall–Kier alpha value is -1.16. The third-order valence-electron chi connectivity index (χ3n) is 3.10. The minimum Gasteiger partial charge on any atom is -0.392 e. The van der Waals surface area contributed by atoms with Gasteiger partial charge in [-0.1, -0.05) is 0 Å². The van der Waals surface area contributed by atoms with Crippen molar-refractivity contribution >= 4 is 5.69 Å². The van der Waals surface area contributed by atoms with Crippen molar-refractivity contribution in [1.82, 2.24) is 0 Å². The summed E-state index contributed by atoms with van der Waals surface area (Å²) in [6.45, 7) is 2.31. The Kier molecular flexibility index (Phi) is 3.10. The van der Waals surface area contributed by atoms with E-state index < -0.39 is 11.6 Å². The number of benzene rings is 1. The number of rotatable bonds is 2. The molecule has 0 bridgehead atoms. The van der Waals surface area contributed by atoms with Crippen molar-refractivity contribution in [2.75, 3.05) is 11.4 Å². The van der Waals surface area contributed by atoms with E-state index in [0.717, 1.165) is 12.8 Å². The minimum atomic E-state index is -0.585. The fourth-order valence-electron chi connectivity index (χ4n) is 2.25. The first kappa shape index (κ1) is 11.3. The summed E-state index contributed by atoms with van der Waals surface area (Å²) < 4.78 is 27.5. The number of aliphatic hydroxyl groups excluding tert-OH is 1. The molecule has 0 aliphatic carbocycles. The quantitative estimate of drug-likeness (QED) is 0.838. The summed E-state index contributed by atoms with van der Waals surface area (Å²) in [4.78, 5) is 1.76. The molecule has 88 valence electrons. The third-order valence-corrected chi connectivity index (χ3v) is 3.10. The molecular formula is C12H15F2NO. The predicted molar refractivity (Wildman–Crippen MR) is 58.3 cm³/mol. The summed E-state index contributed by atoms with van der Waals surface area (Å²) in [5, 5.41) is 8.85. The molecule has 4 heteroatoms. The lowest BCUT2D eigenvalue weighted by molar-refractivity contribution is 0.280. The van der Waals surface area contributed by atoms with Crippen LogP contribution in [0.1, 0.15) is 25.3 Å². The minimum absolute atomic E-state index is 0.0437. The van der Waals surface area contributed by atoms with E-state index in [1.54, 1.807) is 4.90 Å². The Morgan fingerprint density at radius 1 is 1.38 bits per heavy atom. The number of aliphatic hydroxyl groups is 1. The van der Waals surface area contributed by atoms with Crippen molar-refractivity contribution in [3.8, 4) is 0 Å². The molecule has 1 atom stereocenters. The van der Waals surface area contributed by atoms with Gasteiger partial charge in [-0.25, -0.2) is 8.78 Å². The third kappa shape index (κ3) is 1.89. The lowest BCUT2D eigenvalue weighted by Crippen LogP contribution is -2.28. The molecule has 1 aliphatic rings. The molecule has 0 radical (unpaired) electrons. The zero-order valence-corrected chi connectivity index (χ0v) is 9.21. The Morgan fingerprint density at radius 3 is 2.44 bits per heavy atom. The summed E-state index contributed by atoms with van der Waals surface area (Å²) in [7, 11) is 0. The van der Waals surface area contributed by atoms with Gasteiger partial charge in [-0.2, -0.15) is 0 Å². The van der Waals surface area contributed by atoms with Crippen molar-refractivity contribution in [3.05, 3.63) is 29.3 Å². The van der Waals surface area contributed by atoms with Gasteiger partial charge >= 0.3 is 0 Å². The molecule has 1 unspecified atom stereocenters. The second-order valence-electron chi connectivity index (χ2n) is 4.25. The van der Waals surface area contributed by atoms with Crippen LogP contribution in [0.2, 0.25) is 0 Å². The fraction of sp³-hybridized carbons (Fsp3) is 0.500. The molecule has 1 saturated heterocycles. The highest BCUT2D eigenvalue weighted by Crippen LogP contribution is 2.31. The summed E-state index contributed by atoms with van der Waals surface area (Å²) in [5.41, 5.74) is 0.313. The number of hydrogen-bond donors (Lipinski definition) is 1. The maximum Gasteiger partial charge on any atom is 0.149 e. The number of nitrogens with zero attached hydrogens (tertiary/aromatic N) is 1. The Labute approximate surface area is 93.5 Å². The van der Waals surface area contributed by atoms with Crippen molar-refractivity contribution in [2.24, 2.45) is 0 Å². The second kappa shape index (κ2) is 4.37. The van der Waals surface area contributed by atoms with Gasteiger partial charge in [0.2, 0.25) is 0 Å². The normalized spacial score (nSPS) is 20.5. The van der Waals surface area contributed by atoms with Gasteiger partial charge in [-0.15, -0.1) is 0 Å². The standard InChI is InChI=1S/C12H15F2NO/c1-8-3-2-4-15(8)12-10(13)5-9(7-16)6-11(12)14/h5-6,8,16H,2-4,7H2,1H3. The van der Waals surface area contributed by atoms with E-state index in [-0.39, 0.29) is 23.9 Å². The molecule has 2 rings (SSSR count). The summed E-state index contributed by atoms with van der Waals surface area (Å²) in [6, 6.07) is 2.57. The highest BCUT2D eigenvalue weighted by molar-refractivity contribution is 5.52. The second-order valence-corrected chi connectivity index (χ2v) is 4.25. The van der Waals surface area contributed by atoms with E-state index in [4.69, 9.17) is 5.11 Å². The highest BCUT2D eigenvalue weighted by atomic mass is 19.1. The van der Waals surface area contributed by atoms with Crippen LogP contribution in [0.25, 0.3) is 0 Å². The van der Waals surface area contributed by atoms with Crippen LogP contribution in [-0.2, 0) is 6.61 Å². The Bertz CT molecular complexity index is 372. The van der Waals surface area contributed by atoms with Crippen LogP contribution in [-0.4, -0.2) is 17.7 Å². The maximum atomic E-state index is 13.7. The zero-order valence-electron chi connectivity index (χ0n) is 9.21. The van der Waals surface area contributed by atoms with Crippen LogP contribution >= 0.6 is 0 Å². The van der Waals surface area contributed by atoms with E-state index in [1.165, 1.54) is 12.1 Å². The van der Waals surface area contributed by atoms with Crippen molar-refractivity contribution < 1.29 is 13.9 Å². The molecule has 1 aromatic rings.